The molecule has 0 aliphatic heterocycles. The van der Waals surface area contributed by atoms with Crippen molar-refractivity contribution in [1.82, 2.24) is 9.38 Å². The molecule has 25 heavy (non-hydrogen) atoms. The van der Waals surface area contributed by atoms with Gasteiger partial charge in [0.15, 0.2) is 17.1 Å². The molecule has 5 nitrogen and oxygen atoms in total. The van der Waals surface area contributed by atoms with E-state index in [1.807, 2.05) is 0 Å². The number of carbonyl (C=O) groups is 1. The lowest BCUT2D eigenvalue weighted by Gasteiger charge is -2.10. The second-order valence-electron chi connectivity index (χ2n) is 5.03. The summed E-state index contributed by atoms with van der Waals surface area (Å²) in [5.74, 6) is -0.146. The molecule has 0 aliphatic carbocycles. The highest BCUT2D eigenvalue weighted by Gasteiger charge is 2.21. The number of rotatable bonds is 5. The van der Waals surface area contributed by atoms with Crippen LogP contribution in [0.1, 0.15) is 23.0 Å². The number of esters is 1. The number of imidazole rings is 1. The third kappa shape index (κ3) is 3.54. The van der Waals surface area contributed by atoms with Crippen LogP contribution in [0, 0.1) is 0 Å². The predicted octanol–water partition coefficient (Wildman–Crippen LogP) is 5.05. The molecule has 0 aliphatic rings. The summed E-state index contributed by atoms with van der Waals surface area (Å²) in [6, 6.07) is 8.68. The summed E-state index contributed by atoms with van der Waals surface area (Å²) >= 11 is 18.5. The van der Waals surface area contributed by atoms with Crippen molar-refractivity contribution in [2.75, 3.05) is 6.61 Å². The Hall–Kier alpha value is -1.95. The monoisotopic (exact) mass is 398 g/mol. The molecule has 0 saturated carbocycles. The van der Waals surface area contributed by atoms with Crippen LogP contribution in [-0.4, -0.2) is 22.0 Å². The molecule has 0 amide bonds. The van der Waals surface area contributed by atoms with E-state index in [9.17, 15) is 4.79 Å². The Morgan fingerprint density at radius 2 is 1.88 bits per heavy atom. The molecule has 2 heterocycles. The van der Waals surface area contributed by atoms with E-state index in [-0.39, 0.29) is 24.1 Å². The van der Waals surface area contributed by atoms with E-state index in [1.165, 1.54) is 0 Å². The quantitative estimate of drug-likeness (QED) is 0.563. The SMILES string of the molecule is CCOC(=O)c1nc2c(OCc3c(Cl)cccc3Cl)cccn2c1Cl. The number of pyridine rings is 1. The second-order valence-corrected chi connectivity index (χ2v) is 6.20. The second kappa shape index (κ2) is 7.52. The van der Waals surface area contributed by atoms with Gasteiger partial charge < -0.3 is 9.47 Å². The maximum Gasteiger partial charge on any atom is 0.360 e. The van der Waals surface area contributed by atoms with Crippen LogP contribution in [0.5, 0.6) is 5.75 Å². The first kappa shape index (κ1) is 17.9. The fourth-order valence-electron chi connectivity index (χ4n) is 2.28. The van der Waals surface area contributed by atoms with Crippen molar-refractivity contribution in [2.24, 2.45) is 0 Å². The molecular formula is C17H13Cl3N2O3. The van der Waals surface area contributed by atoms with Crippen LogP contribution in [0.15, 0.2) is 36.5 Å². The highest BCUT2D eigenvalue weighted by Crippen LogP contribution is 2.29. The fourth-order valence-corrected chi connectivity index (χ4v) is 3.04. The van der Waals surface area contributed by atoms with E-state index in [2.05, 4.69) is 4.98 Å². The van der Waals surface area contributed by atoms with Gasteiger partial charge in [0, 0.05) is 21.8 Å². The molecule has 3 aromatic rings. The van der Waals surface area contributed by atoms with Crippen molar-refractivity contribution in [3.8, 4) is 5.75 Å². The Kier molecular flexibility index (Phi) is 5.37. The maximum absolute atomic E-state index is 12.0. The summed E-state index contributed by atoms with van der Waals surface area (Å²) in [6.45, 7) is 2.10. The molecule has 0 radical (unpaired) electrons. The van der Waals surface area contributed by atoms with Crippen LogP contribution >= 0.6 is 34.8 Å². The van der Waals surface area contributed by atoms with E-state index in [0.717, 1.165) is 0 Å². The smallest absolute Gasteiger partial charge is 0.360 e. The number of carbonyl (C=O) groups excluding carboxylic acids is 1. The molecule has 0 saturated heterocycles. The van der Waals surface area contributed by atoms with Crippen LogP contribution in [0.2, 0.25) is 15.2 Å². The maximum atomic E-state index is 12.0. The van der Waals surface area contributed by atoms with Crippen molar-refractivity contribution >= 4 is 46.4 Å². The number of nitrogens with zero attached hydrogens (tertiary/aromatic N) is 2. The highest BCUT2D eigenvalue weighted by molar-refractivity contribution is 6.36. The third-order valence-electron chi connectivity index (χ3n) is 3.46. The number of halogens is 3. The van der Waals surface area contributed by atoms with Crippen LogP contribution in [-0.2, 0) is 11.3 Å². The summed E-state index contributed by atoms with van der Waals surface area (Å²) in [7, 11) is 0. The number of benzene rings is 1. The summed E-state index contributed by atoms with van der Waals surface area (Å²) in [6.07, 6.45) is 1.68. The van der Waals surface area contributed by atoms with Crippen molar-refractivity contribution in [1.29, 1.82) is 0 Å². The molecule has 0 N–H and O–H groups in total. The van der Waals surface area contributed by atoms with Crippen molar-refractivity contribution < 1.29 is 14.3 Å². The molecule has 8 heteroatoms. The summed E-state index contributed by atoms with van der Waals surface area (Å²) < 4.78 is 12.3. The number of aromatic nitrogens is 2. The van der Waals surface area contributed by atoms with Gasteiger partial charge in [-0.2, -0.15) is 0 Å². The Morgan fingerprint density at radius 1 is 1.16 bits per heavy atom. The van der Waals surface area contributed by atoms with Gasteiger partial charge in [0.05, 0.1) is 6.61 Å². The van der Waals surface area contributed by atoms with E-state index in [4.69, 9.17) is 44.3 Å². The Labute approximate surface area is 159 Å². The standard InChI is InChI=1S/C17H13Cl3N2O3/c1-2-24-17(23)14-15(20)22-8-4-7-13(16(22)21-14)25-9-10-11(18)5-3-6-12(10)19/h3-8H,2,9H2,1H3. The number of fused-ring (bicyclic) bond motifs is 1. The molecule has 0 fully saturated rings. The molecule has 3 rings (SSSR count). The van der Waals surface area contributed by atoms with Crippen LogP contribution in [0.4, 0.5) is 0 Å². The van der Waals surface area contributed by atoms with Gasteiger partial charge in [0.2, 0.25) is 0 Å². The lowest BCUT2D eigenvalue weighted by Crippen LogP contribution is -2.05. The van der Waals surface area contributed by atoms with E-state index in [1.54, 1.807) is 47.9 Å². The van der Waals surface area contributed by atoms with E-state index in [0.29, 0.717) is 27.0 Å². The average molecular weight is 400 g/mol. The first-order valence-electron chi connectivity index (χ1n) is 7.42. The zero-order chi connectivity index (χ0) is 18.0. The third-order valence-corrected chi connectivity index (χ3v) is 4.53. The molecule has 2 aromatic heterocycles. The minimum absolute atomic E-state index is 0.0374. The topological polar surface area (TPSA) is 52.8 Å². The minimum atomic E-state index is -0.587. The van der Waals surface area contributed by atoms with Crippen LogP contribution in [0.3, 0.4) is 0 Å². The van der Waals surface area contributed by atoms with Gasteiger partial charge in [-0.3, -0.25) is 4.40 Å². The first-order valence-corrected chi connectivity index (χ1v) is 8.55. The largest absolute Gasteiger partial charge is 0.485 e. The number of ether oxygens (including phenoxy) is 2. The van der Waals surface area contributed by atoms with E-state index >= 15 is 0 Å². The van der Waals surface area contributed by atoms with E-state index < -0.39 is 5.97 Å². The minimum Gasteiger partial charge on any atom is -0.485 e. The zero-order valence-corrected chi connectivity index (χ0v) is 15.4. The molecule has 0 spiro atoms. The van der Waals surface area contributed by atoms with Gasteiger partial charge in [-0.15, -0.1) is 0 Å². The summed E-state index contributed by atoms with van der Waals surface area (Å²) in [5, 5.41) is 1.18. The summed E-state index contributed by atoms with van der Waals surface area (Å²) in [4.78, 5) is 16.2. The van der Waals surface area contributed by atoms with Crippen molar-refractivity contribution in [2.45, 2.75) is 13.5 Å². The van der Waals surface area contributed by atoms with Gasteiger partial charge in [-0.05, 0) is 31.2 Å². The first-order chi connectivity index (χ1) is 12.0. The molecule has 1 aromatic carbocycles. The van der Waals surface area contributed by atoms with Crippen molar-refractivity contribution in [3.63, 3.8) is 0 Å². The highest BCUT2D eigenvalue weighted by atomic mass is 35.5. The van der Waals surface area contributed by atoms with Gasteiger partial charge in [0.25, 0.3) is 0 Å². The van der Waals surface area contributed by atoms with Gasteiger partial charge in [-0.1, -0.05) is 40.9 Å². The molecule has 0 bridgehead atoms. The fraction of sp³-hybridized carbons (Fsp3) is 0.176. The lowest BCUT2D eigenvalue weighted by atomic mass is 10.2. The van der Waals surface area contributed by atoms with Gasteiger partial charge >= 0.3 is 5.97 Å². The molecule has 0 atom stereocenters. The van der Waals surface area contributed by atoms with Crippen LogP contribution < -0.4 is 4.74 Å². The summed E-state index contributed by atoms with van der Waals surface area (Å²) in [5.41, 5.74) is 1.10. The number of hydrogen-bond acceptors (Lipinski definition) is 4. The lowest BCUT2D eigenvalue weighted by molar-refractivity contribution is 0.0520. The van der Waals surface area contributed by atoms with Crippen LogP contribution in [0.25, 0.3) is 5.65 Å². The predicted molar refractivity (Wildman–Crippen MR) is 97.0 cm³/mol. The Morgan fingerprint density at radius 3 is 2.56 bits per heavy atom. The molecular weight excluding hydrogens is 387 g/mol. The average Bonchev–Trinajstić information content (AvgIpc) is 2.93. The normalized spacial score (nSPS) is 10.9. The number of hydrogen-bond donors (Lipinski definition) is 0. The zero-order valence-electron chi connectivity index (χ0n) is 13.1. The van der Waals surface area contributed by atoms with Gasteiger partial charge in [-0.25, -0.2) is 9.78 Å². The molecule has 130 valence electrons. The molecule has 0 unspecified atom stereocenters. The Bertz CT molecular complexity index is 920. The van der Waals surface area contributed by atoms with Crippen molar-refractivity contribution in [3.05, 3.63) is 63.0 Å². The van der Waals surface area contributed by atoms with Gasteiger partial charge in [0.1, 0.15) is 11.8 Å². The Balaban J connectivity index is 1.94.